The zero-order valence-electron chi connectivity index (χ0n) is 16.8. The van der Waals surface area contributed by atoms with Gasteiger partial charge in [-0.1, -0.05) is 11.8 Å². The number of hydrogen-bond acceptors (Lipinski definition) is 7. The fourth-order valence-corrected chi connectivity index (χ4v) is 4.22. The highest BCUT2D eigenvalue weighted by Crippen LogP contribution is 2.37. The summed E-state index contributed by atoms with van der Waals surface area (Å²) in [5, 5.41) is 3.19. The van der Waals surface area contributed by atoms with E-state index in [-0.39, 0.29) is 18.1 Å². The Morgan fingerprint density at radius 3 is 2.94 bits per heavy atom. The van der Waals surface area contributed by atoms with Crippen molar-refractivity contribution in [2.75, 3.05) is 11.1 Å². The van der Waals surface area contributed by atoms with Crippen LogP contribution in [0.25, 0.3) is 0 Å². The van der Waals surface area contributed by atoms with E-state index in [0.29, 0.717) is 34.3 Å². The van der Waals surface area contributed by atoms with Gasteiger partial charge in [-0.05, 0) is 55.8 Å². The van der Waals surface area contributed by atoms with Gasteiger partial charge in [-0.3, -0.25) is 9.79 Å². The number of carbonyl (C=O) groups excluding carboxylic acids is 1. The van der Waals surface area contributed by atoms with Crippen molar-refractivity contribution in [1.82, 2.24) is 4.98 Å². The molecule has 3 aromatic rings. The van der Waals surface area contributed by atoms with Gasteiger partial charge < -0.3 is 20.2 Å². The number of aromatic nitrogens is 1. The van der Waals surface area contributed by atoms with Gasteiger partial charge in [-0.2, -0.15) is 0 Å². The normalized spacial score (nSPS) is 18.3. The third-order valence-electron chi connectivity index (χ3n) is 4.93. The molecule has 1 atom stereocenters. The Hall–Kier alpha value is -3.33. The predicted molar refractivity (Wildman–Crippen MR) is 118 cm³/mol. The Morgan fingerprint density at radius 2 is 2.23 bits per heavy atom. The maximum absolute atomic E-state index is 14.5. The Labute approximate surface area is 182 Å². The van der Waals surface area contributed by atoms with Gasteiger partial charge in [0.15, 0.2) is 5.17 Å². The first-order valence-corrected chi connectivity index (χ1v) is 10.6. The van der Waals surface area contributed by atoms with Crippen LogP contribution < -0.4 is 15.8 Å². The van der Waals surface area contributed by atoms with Crippen LogP contribution in [0.2, 0.25) is 0 Å². The number of hydrogen-bond donors (Lipinski definition) is 2. The largest absolute Gasteiger partial charge is 0.484 e. The third-order valence-corrected chi connectivity index (χ3v) is 5.73. The molecule has 0 saturated heterocycles. The Morgan fingerprint density at radius 1 is 1.35 bits per heavy atom. The smallest absolute Gasteiger partial charge is 0.274 e. The lowest BCUT2D eigenvalue weighted by Gasteiger charge is -2.30. The number of anilines is 1. The van der Waals surface area contributed by atoms with E-state index in [0.717, 1.165) is 5.75 Å². The molecule has 7 nitrogen and oxygen atoms in total. The lowest BCUT2D eigenvalue weighted by Crippen LogP contribution is -2.29. The van der Waals surface area contributed by atoms with E-state index in [9.17, 15) is 9.18 Å². The van der Waals surface area contributed by atoms with Crippen LogP contribution in [0, 0.1) is 5.82 Å². The lowest BCUT2D eigenvalue weighted by molar-refractivity contribution is 0.102. The number of rotatable bonds is 6. The molecule has 0 spiro atoms. The Balaban J connectivity index is 1.45. The molecule has 0 fully saturated rings. The molecule has 2 aromatic heterocycles. The van der Waals surface area contributed by atoms with Crippen LogP contribution >= 0.6 is 11.8 Å². The molecule has 0 radical (unpaired) electrons. The minimum atomic E-state index is -0.772. The van der Waals surface area contributed by atoms with E-state index in [1.54, 1.807) is 36.6 Å². The zero-order chi connectivity index (χ0) is 21.8. The Bertz CT molecular complexity index is 1100. The van der Waals surface area contributed by atoms with Crippen LogP contribution in [-0.2, 0) is 12.1 Å². The second-order valence-electron chi connectivity index (χ2n) is 7.22. The number of aliphatic imine (C=N–C) groups is 1. The number of amidine groups is 1. The average molecular weight is 441 g/mol. The highest BCUT2D eigenvalue weighted by atomic mass is 32.2. The number of halogens is 1. The molecule has 160 valence electrons. The minimum Gasteiger partial charge on any atom is -0.484 e. The first-order valence-electron chi connectivity index (χ1n) is 9.64. The van der Waals surface area contributed by atoms with Crippen molar-refractivity contribution in [3.8, 4) is 5.75 Å². The number of nitrogens with one attached hydrogen (secondary N) is 1. The summed E-state index contributed by atoms with van der Waals surface area (Å²) < 4.78 is 25.3. The quantitative estimate of drug-likeness (QED) is 0.592. The van der Waals surface area contributed by atoms with E-state index in [2.05, 4.69) is 15.3 Å². The van der Waals surface area contributed by atoms with Gasteiger partial charge in [0, 0.05) is 17.0 Å². The fraction of sp³-hybridized carbons (Fsp3) is 0.227. The molecule has 4 rings (SSSR count). The molecule has 3 heterocycles. The lowest BCUT2D eigenvalue weighted by atomic mass is 9.89. The van der Waals surface area contributed by atoms with Crippen molar-refractivity contribution in [2.24, 2.45) is 10.7 Å². The number of furan rings is 1. The molecule has 1 amide bonds. The number of nitrogens with zero attached hydrogens (tertiary/aromatic N) is 2. The van der Waals surface area contributed by atoms with Crippen LogP contribution in [0.5, 0.6) is 5.75 Å². The van der Waals surface area contributed by atoms with E-state index in [1.807, 2.05) is 6.92 Å². The summed E-state index contributed by atoms with van der Waals surface area (Å²) in [6, 6.07) is 11.2. The van der Waals surface area contributed by atoms with E-state index in [1.165, 1.54) is 30.1 Å². The van der Waals surface area contributed by atoms with E-state index >= 15 is 0 Å². The maximum Gasteiger partial charge on any atom is 0.274 e. The van der Waals surface area contributed by atoms with Gasteiger partial charge in [0.25, 0.3) is 5.91 Å². The summed E-state index contributed by atoms with van der Waals surface area (Å²) >= 11 is 1.45. The van der Waals surface area contributed by atoms with E-state index < -0.39 is 11.4 Å². The zero-order valence-corrected chi connectivity index (χ0v) is 17.6. The van der Waals surface area contributed by atoms with Gasteiger partial charge in [0.1, 0.15) is 29.6 Å². The number of thioether (sulfide) groups is 1. The predicted octanol–water partition coefficient (Wildman–Crippen LogP) is 4.31. The topological polar surface area (TPSA) is 103 Å². The van der Waals surface area contributed by atoms with Crippen molar-refractivity contribution in [3.63, 3.8) is 0 Å². The highest BCUT2D eigenvalue weighted by molar-refractivity contribution is 8.13. The first kappa shape index (κ1) is 20.9. The van der Waals surface area contributed by atoms with Gasteiger partial charge in [0.05, 0.1) is 18.0 Å². The van der Waals surface area contributed by atoms with Gasteiger partial charge >= 0.3 is 0 Å². The van der Waals surface area contributed by atoms with Crippen molar-refractivity contribution in [2.45, 2.75) is 25.5 Å². The molecule has 0 aliphatic carbocycles. The molecule has 0 bridgehead atoms. The van der Waals surface area contributed by atoms with Gasteiger partial charge in [-0.25, -0.2) is 9.37 Å². The highest BCUT2D eigenvalue weighted by Gasteiger charge is 2.32. The number of benzene rings is 1. The number of carbonyl (C=O) groups is 1. The molecule has 1 aliphatic rings. The summed E-state index contributed by atoms with van der Waals surface area (Å²) in [4.78, 5) is 21.2. The van der Waals surface area contributed by atoms with Gasteiger partial charge in [0.2, 0.25) is 0 Å². The fourth-order valence-electron chi connectivity index (χ4n) is 3.24. The SMILES string of the molecule is C[C@@]1(c2cc(NC(=O)c3ccc(OCc4ccco4)cn3)ccc2F)CCSC(N)=N1. The third kappa shape index (κ3) is 4.88. The molecule has 0 saturated carbocycles. The molecule has 9 heteroatoms. The standard InChI is InChI=1S/C22H21FN4O3S/c1-22(8-10-31-21(24)27-22)17-11-14(4-6-18(17)23)26-20(28)19-7-5-15(12-25-19)30-13-16-3-2-9-29-16/h2-7,9,11-12H,8,10,13H2,1H3,(H2,24,27)(H,26,28)/t22-/m0/s1. The summed E-state index contributed by atoms with van der Waals surface area (Å²) in [6.07, 6.45) is 3.68. The second kappa shape index (κ2) is 8.81. The molecule has 1 aromatic carbocycles. The summed E-state index contributed by atoms with van der Waals surface area (Å²) in [5.74, 6) is 1.14. The first-order chi connectivity index (χ1) is 14.9. The monoisotopic (exact) mass is 440 g/mol. The molecular weight excluding hydrogens is 419 g/mol. The van der Waals surface area contributed by atoms with Crippen molar-refractivity contribution >= 4 is 28.5 Å². The number of amides is 1. The minimum absolute atomic E-state index is 0.207. The van der Waals surface area contributed by atoms with Crippen molar-refractivity contribution < 1.29 is 18.3 Å². The second-order valence-corrected chi connectivity index (χ2v) is 8.33. The molecule has 1 aliphatic heterocycles. The average Bonchev–Trinajstić information content (AvgIpc) is 3.27. The van der Waals surface area contributed by atoms with Crippen LogP contribution in [0.15, 0.2) is 64.3 Å². The van der Waals surface area contributed by atoms with Crippen LogP contribution in [0.4, 0.5) is 10.1 Å². The summed E-state index contributed by atoms with van der Waals surface area (Å²) in [5.41, 5.74) is 6.13. The number of nitrogens with two attached hydrogens (primary N) is 1. The van der Waals surface area contributed by atoms with Crippen molar-refractivity contribution in [3.05, 3.63) is 77.8 Å². The van der Waals surface area contributed by atoms with E-state index in [4.69, 9.17) is 14.9 Å². The molecule has 3 N–H and O–H groups in total. The van der Waals surface area contributed by atoms with Crippen LogP contribution in [-0.4, -0.2) is 21.8 Å². The molecule has 31 heavy (non-hydrogen) atoms. The Kier molecular flexibility index (Phi) is 5.94. The summed E-state index contributed by atoms with van der Waals surface area (Å²) in [6.45, 7) is 2.11. The van der Waals surface area contributed by atoms with Crippen LogP contribution in [0.3, 0.4) is 0 Å². The molecule has 0 unspecified atom stereocenters. The molecular formula is C22H21FN4O3S. The van der Waals surface area contributed by atoms with Gasteiger partial charge in [-0.15, -0.1) is 0 Å². The van der Waals surface area contributed by atoms with Crippen molar-refractivity contribution in [1.29, 1.82) is 0 Å². The summed E-state index contributed by atoms with van der Waals surface area (Å²) in [7, 11) is 0. The maximum atomic E-state index is 14.5. The number of ether oxygens (including phenoxy) is 1. The number of pyridine rings is 1. The van der Waals surface area contributed by atoms with Crippen LogP contribution in [0.1, 0.15) is 35.2 Å².